The molecular formula is C15H21ClN2O. The van der Waals surface area contributed by atoms with Crippen molar-refractivity contribution < 1.29 is 4.79 Å². The van der Waals surface area contributed by atoms with Crippen molar-refractivity contribution >= 4 is 17.5 Å². The van der Waals surface area contributed by atoms with Crippen LogP contribution in [0.2, 0.25) is 5.02 Å². The summed E-state index contributed by atoms with van der Waals surface area (Å²) >= 11 is 6.15. The van der Waals surface area contributed by atoms with E-state index in [2.05, 4.69) is 5.32 Å². The summed E-state index contributed by atoms with van der Waals surface area (Å²) < 4.78 is 0. The summed E-state index contributed by atoms with van der Waals surface area (Å²) in [5.41, 5.74) is 6.69. The molecule has 0 aromatic heterocycles. The first-order chi connectivity index (χ1) is 9.13. The van der Waals surface area contributed by atoms with Crippen LogP contribution in [0.3, 0.4) is 0 Å². The average Bonchev–Trinajstić information content (AvgIpc) is 2.87. The van der Waals surface area contributed by atoms with Crippen LogP contribution in [-0.2, 0) is 4.79 Å². The molecule has 0 bridgehead atoms. The van der Waals surface area contributed by atoms with Gasteiger partial charge in [0.1, 0.15) is 0 Å². The van der Waals surface area contributed by atoms with Crippen molar-refractivity contribution in [2.24, 2.45) is 17.6 Å². The lowest BCUT2D eigenvalue weighted by molar-refractivity contribution is -0.126. The Balaban J connectivity index is 2.01. The fraction of sp³-hybridized carbons (Fsp3) is 0.533. The van der Waals surface area contributed by atoms with Crippen molar-refractivity contribution in [2.45, 2.75) is 32.2 Å². The molecule has 19 heavy (non-hydrogen) atoms. The van der Waals surface area contributed by atoms with Gasteiger partial charge >= 0.3 is 0 Å². The minimum absolute atomic E-state index is 0.0648. The summed E-state index contributed by atoms with van der Waals surface area (Å²) in [5, 5.41) is 3.76. The number of nitrogens with two attached hydrogens (primary N) is 1. The van der Waals surface area contributed by atoms with Gasteiger partial charge in [0, 0.05) is 10.9 Å². The maximum atomic E-state index is 12.3. The van der Waals surface area contributed by atoms with E-state index >= 15 is 0 Å². The van der Waals surface area contributed by atoms with E-state index in [1.165, 1.54) is 0 Å². The zero-order valence-electron chi connectivity index (χ0n) is 11.2. The molecule has 1 aromatic rings. The van der Waals surface area contributed by atoms with Gasteiger partial charge in [0.05, 0.1) is 6.04 Å². The molecule has 4 heteroatoms. The molecule has 1 aliphatic rings. The van der Waals surface area contributed by atoms with E-state index in [4.69, 9.17) is 17.3 Å². The van der Waals surface area contributed by atoms with Gasteiger partial charge in [-0.05, 0) is 43.9 Å². The number of rotatable bonds is 4. The van der Waals surface area contributed by atoms with Gasteiger partial charge in [0.25, 0.3) is 0 Å². The highest BCUT2D eigenvalue weighted by Crippen LogP contribution is 2.32. The minimum atomic E-state index is -0.0692. The van der Waals surface area contributed by atoms with Crippen LogP contribution in [-0.4, -0.2) is 12.5 Å². The SMILES string of the molecule is CC(NC(=O)C1CCCC1CN)c1ccccc1Cl. The van der Waals surface area contributed by atoms with Gasteiger partial charge in [-0.15, -0.1) is 0 Å². The number of carbonyl (C=O) groups is 1. The molecule has 1 amide bonds. The zero-order valence-corrected chi connectivity index (χ0v) is 12.0. The number of hydrogen-bond acceptors (Lipinski definition) is 2. The fourth-order valence-electron chi connectivity index (χ4n) is 2.89. The maximum absolute atomic E-state index is 12.3. The van der Waals surface area contributed by atoms with Crippen molar-refractivity contribution in [1.29, 1.82) is 0 Å². The molecule has 104 valence electrons. The second kappa shape index (κ2) is 6.40. The Morgan fingerprint density at radius 1 is 1.47 bits per heavy atom. The van der Waals surface area contributed by atoms with Crippen LogP contribution in [0.5, 0.6) is 0 Å². The predicted octanol–water partition coefficient (Wildman–Crippen LogP) is 2.89. The van der Waals surface area contributed by atoms with Crippen molar-refractivity contribution in [1.82, 2.24) is 5.32 Å². The summed E-state index contributed by atoms with van der Waals surface area (Å²) in [6.07, 6.45) is 3.11. The van der Waals surface area contributed by atoms with Crippen molar-refractivity contribution in [3.8, 4) is 0 Å². The van der Waals surface area contributed by atoms with Crippen LogP contribution >= 0.6 is 11.6 Å². The predicted molar refractivity (Wildman–Crippen MR) is 77.9 cm³/mol. The minimum Gasteiger partial charge on any atom is -0.349 e. The summed E-state index contributed by atoms with van der Waals surface area (Å²) in [6, 6.07) is 7.55. The van der Waals surface area contributed by atoms with Gasteiger partial charge in [0.15, 0.2) is 0 Å². The lowest BCUT2D eigenvalue weighted by atomic mass is 9.94. The number of halogens is 1. The normalized spacial score (nSPS) is 24.2. The molecular weight excluding hydrogens is 260 g/mol. The first-order valence-electron chi connectivity index (χ1n) is 6.88. The monoisotopic (exact) mass is 280 g/mol. The molecule has 0 radical (unpaired) electrons. The number of nitrogens with one attached hydrogen (secondary N) is 1. The highest BCUT2D eigenvalue weighted by atomic mass is 35.5. The third kappa shape index (κ3) is 3.28. The van der Waals surface area contributed by atoms with E-state index in [1.807, 2.05) is 31.2 Å². The van der Waals surface area contributed by atoms with Gasteiger partial charge in [-0.1, -0.05) is 36.2 Å². The largest absolute Gasteiger partial charge is 0.349 e. The fourth-order valence-corrected chi connectivity index (χ4v) is 3.19. The first-order valence-corrected chi connectivity index (χ1v) is 7.26. The van der Waals surface area contributed by atoms with E-state index in [0.29, 0.717) is 17.5 Å². The number of amides is 1. The lowest BCUT2D eigenvalue weighted by Crippen LogP contribution is -2.36. The van der Waals surface area contributed by atoms with E-state index in [1.54, 1.807) is 0 Å². The van der Waals surface area contributed by atoms with E-state index in [-0.39, 0.29) is 17.9 Å². The molecule has 1 saturated carbocycles. The number of carbonyl (C=O) groups excluding carboxylic acids is 1. The Morgan fingerprint density at radius 3 is 2.89 bits per heavy atom. The van der Waals surface area contributed by atoms with Crippen LogP contribution in [0.4, 0.5) is 0 Å². The molecule has 3 unspecified atom stereocenters. The van der Waals surface area contributed by atoms with Gasteiger partial charge in [-0.25, -0.2) is 0 Å². The first kappa shape index (κ1) is 14.4. The molecule has 3 N–H and O–H groups in total. The van der Waals surface area contributed by atoms with Crippen LogP contribution < -0.4 is 11.1 Å². The van der Waals surface area contributed by atoms with Gasteiger partial charge in [-0.3, -0.25) is 4.79 Å². The van der Waals surface area contributed by atoms with Crippen molar-refractivity contribution in [3.63, 3.8) is 0 Å². The molecule has 0 saturated heterocycles. The Morgan fingerprint density at radius 2 is 2.21 bits per heavy atom. The van der Waals surface area contributed by atoms with Gasteiger partial charge in [0.2, 0.25) is 5.91 Å². The van der Waals surface area contributed by atoms with Crippen LogP contribution in [0.15, 0.2) is 24.3 Å². The van der Waals surface area contributed by atoms with Gasteiger partial charge in [-0.2, -0.15) is 0 Å². The average molecular weight is 281 g/mol. The second-order valence-corrected chi connectivity index (χ2v) is 5.69. The summed E-state index contributed by atoms with van der Waals surface area (Å²) in [5.74, 6) is 0.508. The lowest BCUT2D eigenvalue weighted by Gasteiger charge is -2.21. The van der Waals surface area contributed by atoms with Crippen molar-refractivity contribution in [3.05, 3.63) is 34.9 Å². The Kier molecular flexibility index (Phi) is 4.83. The summed E-state index contributed by atoms with van der Waals surface area (Å²) in [7, 11) is 0. The van der Waals surface area contributed by atoms with Crippen LogP contribution in [0.1, 0.15) is 37.8 Å². The molecule has 0 spiro atoms. The molecule has 2 rings (SSSR count). The summed E-state index contributed by atoms with van der Waals surface area (Å²) in [6.45, 7) is 2.56. The Hall–Kier alpha value is -1.06. The molecule has 3 atom stereocenters. The van der Waals surface area contributed by atoms with Crippen LogP contribution in [0, 0.1) is 11.8 Å². The second-order valence-electron chi connectivity index (χ2n) is 5.28. The molecule has 3 nitrogen and oxygen atoms in total. The molecule has 0 aliphatic heterocycles. The van der Waals surface area contributed by atoms with E-state index in [0.717, 1.165) is 24.8 Å². The number of benzene rings is 1. The van der Waals surface area contributed by atoms with E-state index < -0.39 is 0 Å². The smallest absolute Gasteiger partial charge is 0.223 e. The standard InChI is InChI=1S/C15H21ClN2O/c1-10(12-6-2-3-8-14(12)16)18-15(19)13-7-4-5-11(13)9-17/h2-3,6,8,10-11,13H,4-5,7,9,17H2,1H3,(H,18,19). The summed E-state index contributed by atoms with van der Waals surface area (Å²) in [4.78, 5) is 12.3. The third-order valence-corrected chi connectivity index (χ3v) is 4.37. The maximum Gasteiger partial charge on any atom is 0.223 e. The quantitative estimate of drug-likeness (QED) is 0.891. The highest BCUT2D eigenvalue weighted by molar-refractivity contribution is 6.31. The van der Waals surface area contributed by atoms with Crippen LogP contribution in [0.25, 0.3) is 0 Å². The molecule has 1 aromatic carbocycles. The van der Waals surface area contributed by atoms with Gasteiger partial charge < -0.3 is 11.1 Å². The Bertz CT molecular complexity index is 450. The number of hydrogen-bond donors (Lipinski definition) is 2. The Labute approximate surface area is 119 Å². The zero-order chi connectivity index (χ0) is 13.8. The van der Waals surface area contributed by atoms with E-state index in [9.17, 15) is 4.79 Å². The van der Waals surface area contributed by atoms with Crippen molar-refractivity contribution in [2.75, 3.05) is 6.54 Å². The highest BCUT2D eigenvalue weighted by Gasteiger charge is 2.32. The topological polar surface area (TPSA) is 55.1 Å². The molecule has 0 heterocycles. The third-order valence-electron chi connectivity index (χ3n) is 4.03. The molecule has 1 fully saturated rings. The molecule has 1 aliphatic carbocycles.